The van der Waals surface area contributed by atoms with Gasteiger partial charge in [0.25, 0.3) is 10.0 Å². The van der Waals surface area contributed by atoms with Gasteiger partial charge < -0.3 is 10.2 Å². The molecule has 1 N–H and O–H groups in total. The Labute approximate surface area is 235 Å². The highest BCUT2D eigenvalue weighted by Crippen LogP contribution is 2.25. The van der Waals surface area contributed by atoms with E-state index in [0.29, 0.717) is 16.3 Å². The van der Waals surface area contributed by atoms with Crippen LogP contribution in [0.15, 0.2) is 89.8 Å². The predicted molar refractivity (Wildman–Crippen MR) is 154 cm³/mol. The number of hydrogen-bond donors (Lipinski definition) is 1. The quantitative estimate of drug-likeness (QED) is 0.355. The first-order valence-electron chi connectivity index (χ1n) is 13.2. The molecule has 39 heavy (non-hydrogen) atoms. The number of carbonyl (C=O) groups is 2. The van der Waals surface area contributed by atoms with Crippen LogP contribution in [0.5, 0.6) is 0 Å². The Balaban J connectivity index is 1.65. The zero-order chi connectivity index (χ0) is 27.8. The lowest BCUT2D eigenvalue weighted by Gasteiger charge is -2.33. The van der Waals surface area contributed by atoms with E-state index >= 15 is 0 Å². The summed E-state index contributed by atoms with van der Waals surface area (Å²) in [6.07, 6.45) is 5.10. The van der Waals surface area contributed by atoms with Crippen LogP contribution in [0.1, 0.15) is 44.6 Å². The van der Waals surface area contributed by atoms with Gasteiger partial charge in [-0.25, -0.2) is 8.42 Å². The molecule has 0 saturated heterocycles. The van der Waals surface area contributed by atoms with Crippen LogP contribution < -0.4 is 9.62 Å². The van der Waals surface area contributed by atoms with Crippen molar-refractivity contribution in [3.63, 3.8) is 0 Å². The van der Waals surface area contributed by atoms with Crippen LogP contribution in [0.25, 0.3) is 0 Å². The van der Waals surface area contributed by atoms with Crippen molar-refractivity contribution in [2.24, 2.45) is 0 Å². The number of hydrogen-bond acceptors (Lipinski definition) is 4. The number of amides is 2. The third kappa shape index (κ3) is 7.19. The molecule has 206 valence electrons. The van der Waals surface area contributed by atoms with E-state index in [1.165, 1.54) is 17.0 Å². The van der Waals surface area contributed by atoms with Crippen molar-refractivity contribution in [1.82, 2.24) is 10.2 Å². The molecule has 2 amide bonds. The van der Waals surface area contributed by atoms with Gasteiger partial charge in [-0.1, -0.05) is 85.5 Å². The first kappa shape index (κ1) is 28.6. The van der Waals surface area contributed by atoms with Crippen LogP contribution >= 0.6 is 11.6 Å². The van der Waals surface area contributed by atoms with Gasteiger partial charge in [-0.3, -0.25) is 13.9 Å². The molecule has 1 unspecified atom stereocenters. The number of sulfonamides is 1. The Morgan fingerprint density at radius 1 is 0.897 bits per heavy atom. The molecule has 1 aliphatic rings. The molecule has 1 fully saturated rings. The third-order valence-corrected chi connectivity index (χ3v) is 9.23. The first-order valence-corrected chi connectivity index (χ1v) is 15.1. The Morgan fingerprint density at radius 2 is 1.49 bits per heavy atom. The average molecular weight is 568 g/mol. The minimum Gasteiger partial charge on any atom is -0.352 e. The molecule has 0 spiro atoms. The minimum absolute atomic E-state index is 0.0613. The lowest BCUT2D eigenvalue weighted by atomic mass is 9.95. The highest BCUT2D eigenvalue weighted by atomic mass is 35.5. The fourth-order valence-corrected chi connectivity index (χ4v) is 6.43. The van der Waals surface area contributed by atoms with Gasteiger partial charge in [-0.2, -0.15) is 0 Å². The molecule has 0 radical (unpaired) electrons. The van der Waals surface area contributed by atoms with Crippen molar-refractivity contribution in [2.45, 2.75) is 62.6 Å². The van der Waals surface area contributed by atoms with E-state index in [1.807, 2.05) is 6.07 Å². The zero-order valence-electron chi connectivity index (χ0n) is 22.0. The second-order valence-electron chi connectivity index (χ2n) is 9.79. The van der Waals surface area contributed by atoms with Crippen molar-refractivity contribution in [3.05, 3.63) is 95.5 Å². The molecule has 0 heterocycles. The molecule has 3 aromatic carbocycles. The summed E-state index contributed by atoms with van der Waals surface area (Å²) in [5, 5.41) is 3.56. The molecular weight excluding hydrogens is 534 g/mol. The van der Waals surface area contributed by atoms with Crippen LogP contribution in [-0.4, -0.2) is 43.8 Å². The lowest BCUT2D eigenvalue weighted by Crippen LogP contribution is -2.53. The van der Waals surface area contributed by atoms with E-state index in [4.69, 9.17) is 11.6 Å². The van der Waals surface area contributed by atoms with Crippen LogP contribution in [-0.2, 0) is 26.2 Å². The van der Waals surface area contributed by atoms with E-state index in [-0.39, 0.29) is 23.4 Å². The SMILES string of the molecule is CC(C(=O)NC1CCCCC1)N(Cc1ccccc1Cl)C(=O)CN(c1ccccc1)S(=O)(=O)c1ccccc1. The molecule has 7 nitrogen and oxygen atoms in total. The molecule has 1 aliphatic carbocycles. The highest BCUT2D eigenvalue weighted by Gasteiger charge is 2.33. The Bertz CT molecular complexity index is 1360. The van der Waals surface area contributed by atoms with E-state index in [1.54, 1.807) is 73.7 Å². The molecule has 9 heteroatoms. The topological polar surface area (TPSA) is 86.8 Å². The molecule has 1 saturated carbocycles. The van der Waals surface area contributed by atoms with Gasteiger partial charge >= 0.3 is 0 Å². The van der Waals surface area contributed by atoms with Gasteiger partial charge in [0.1, 0.15) is 12.6 Å². The maximum absolute atomic E-state index is 14.0. The molecule has 0 bridgehead atoms. The Kier molecular flexibility index (Phi) is 9.64. The fraction of sp³-hybridized carbons (Fsp3) is 0.333. The Morgan fingerprint density at radius 3 is 2.13 bits per heavy atom. The summed E-state index contributed by atoms with van der Waals surface area (Å²) in [6, 6.07) is 22.9. The zero-order valence-corrected chi connectivity index (χ0v) is 23.6. The average Bonchev–Trinajstić information content (AvgIpc) is 2.96. The maximum Gasteiger partial charge on any atom is 0.264 e. The summed E-state index contributed by atoms with van der Waals surface area (Å²) < 4.78 is 28.5. The van der Waals surface area contributed by atoms with E-state index < -0.39 is 28.5 Å². The molecule has 1 atom stereocenters. The molecule has 4 rings (SSSR count). The van der Waals surface area contributed by atoms with Crippen molar-refractivity contribution in [3.8, 4) is 0 Å². The van der Waals surface area contributed by atoms with E-state index in [0.717, 1.165) is 36.4 Å². The van der Waals surface area contributed by atoms with Gasteiger partial charge in [0.05, 0.1) is 10.6 Å². The Hall–Kier alpha value is -3.36. The number of anilines is 1. The monoisotopic (exact) mass is 567 g/mol. The largest absolute Gasteiger partial charge is 0.352 e. The highest BCUT2D eigenvalue weighted by molar-refractivity contribution is 7.92. The van der Waals surface area contributed by atoms with Gasteiger partial charge in [-0.15, -0.1) is 0 Å². The number of nitrogens with one attached hydrogen (secondary N) is 1. The summed E-state index contributed by atoms with van der Waals surface area (Å²) in [5.74, 6) is -0.774. The summed E-state index contributed by atoms with van der Waals surface area (Å²) in [7, 11) is -4.07. The van der Waals surface area contributed by atoms with E-state index in [2.05, 4.69) is 5.32 Å². The molecule has 3 aromatic rings. The van der Waals surface area contributed by atoms with Crippen molar-refractivity contribution < 1.29 is 18.0 Å². The second-order valence-corrected chi connectivity index (χ2v) is 12.1. The number of rotatable bonds is 10. The van der Waals surface area contributed by atoms with Crippen molar-refractivity contribution in [2.75, 3.05) is 10.8 Å². The smallest absolute Gasteiger partial charge is 0.264 e. The standard InChI is InChI=1S/C30H34ClN3O4S/c1-23(30(36)32-25-14-5-2-6-15-25)33(21-24-13-11-12-20-28(24)31)29(35)22-34(26-16-7-3-8-17-26)39(37,38)27-18-9-4-10-19-27/h3-4,7-13,16-20,23,25H,2,5-6,14-15,21-22H2,1H3,(H,32,36). The van der Waals surface area contributed by atoms with Gasteiger partial charge in [0.15, 0.2) is 0 Å². The van der Waals surface area contributed by atoms with Crippen LogP contribution in [0.2, 0.25) is 5.02 Å². The molecule has 0 aliphatic heterocycles. The number of nitrogens with zero attached hydrogens (tertiary/aromatic N) is 2. The molecular formula is C30H34ClN3O4S. The summed E-state index contributed by atoms with van der Waals surface area (Å²) >= 11 is 6.42. The predicted octanol–water partition coefficient (Wildman–Crippen LogP) is 5.40. The lowest BCUT2D eigenvalue weighted by molar-refractivity contribution is -0.139. The first-order chi connectivity index (χ1) is 18.8. The second kappa shape index (κ2) is 13.1. The summed E-state index contributed by atoms with van der Waals surface area (Å²) in [5.41, 5.74) is 1.02. The third-order valence-electron chi connectivity index (χ3n) is 7.07. The number of benzene rings is 3. The minimum atomic E-state index is -4.07. The maximum atomic E-state index is 14.0. The van der Waals surface area contributed by atoms with Crippen LogP contribution in [0.3, 0.4) is 0 Å². The number of halogens is 1. The number of para-hydroxylation sites is 1. The number of carbonyl (C=O) groups excluding carboxylic acids is 2. The van der Waals surface area contributed by atoms with Crippen molar-refractivity contribution in [1.29, 1.82) is 0 Å². The molecule has 0 aromatic heterocycles. The van der Waals surface area contributed by atoms with Gasteiger partial charge in [0, 0.05) is 17.6 Å². The fourth-order valence-electron chi connectivity index (χ4n) is 4.80. The summed E-state index contributed by atoms with van der Waals surface area (Å²) in [4.78, 5) is 28.8. The van der Waals surface area contributed by atoms with Gasteiger partial charge in [-0.05, 0) is 55.7 Å². The summed E-state index contributed by atoms with van der Waals surface area (Å²) in [6.45, 7) is 1.25. The van der Waals surface area contributed by atoms with Crippen LogP contribution in [0, 0.1) is 0 Å². The van der Waals surface area contributed by atoms with Gasteiger partial charge in [0.2, 0.25) is 11.8 Å². The normalized spacial score (nSPS) is 14.8. The van der Waals surface area contributed by atoms with Crippen LogP contribution in [0.4, 0.5) is 5.69 Å². The van der Waals surface area contributed by atoms with Crippen molar-refractivity contribution >= 4 is 39.1 Å². The van der Waals surface area contributed by atoms with E-state index in [9.17, 15) is 18.0 Å².